The van der Waals surface area contributed by atoms with Gasteiger partial charge in [-0.2, -0.15) is 13.2 Å². The van der Waals surface area contributed by atoms with E-state index < -0.39 is 29.4 Å². The maximum atomic E-state index is 13.0. The fourth-order valence-electron chi connectivity index (χ4n) is 1.40. The molecule has 0 amide bonds. The third-order valence-electron chi connectivity index (χ3n) is 2.31. The number of Topliss-reactive ketones (excluding diaryl/α,β-unsaturated/α-hetero) is 1. The molecule has 1 unspecified atom stereocenters. The van der Waals surface area contributed by atoms with Gasteiger partial charge in [-0.3, -0.25) is 4.79 Å². The second-order valence-corrected chi connectivity index (χ2v) is 3.69. The number of carbonyl (C=O) groups excluding carboxylic acids is 1. The van der Waals surface area contributed by atoms with E-state index in [1.54, 1.807) is 0 Å². The molecule has 6 heteroatoms. The lowest BCUT2D eigenvalue weighted by Crippen LogP contribution is -2.30. The van der Waals surface area contributed by atoms with Gasteiger partial charge in [0.1, 0.15) is 5.82 Å². The van der Waals surface area contributed by atoms with Crippen LogP contribution in [0.5, 0.6) is 0 Å². The van der Waals surface area contributed by atoms with Crippen molar-refractivity contribution < 1.29 is 22.4 Å². The molecule has 0 aliphatic heterocycles. The van der Waals surface area contributed by atoms with Crippen molar-refractivity contribution in [2.45, 2.75) is 18.6 Å². The Morgan fingerprint density at radius 3 is 2.56 bits per heavy atom. The maximum Gasteiger partial charge on any atom is 0.419 e. The third kappa shape index (κ3) is 3.16. The smallest absolute Gasteiger partial charge is 0.321 e. The number of ketones is 1. The number of carbonyl (C=O) groups is 1. The Bertz CT molecular complexity index is 468. The molecule has 0 fully saturated rings. The van der Waals surface area contributed by atoms with E-state index in [0.717, 1.165) is 6.07 Å². The lowest BCUT2D eigenvalue weighted by atomic mass is 10.00. The van der Waals surface area contributed by atoms with E-state index in [2.05, 4.69) is 6.58 Å². The largest absolute Gasteiger partial charge is 0.419 e. The van der Waals surface area contributed by atoms with Crippen LogP contribution in [0.2, 0.25) is 0 Å². The van der Waals surface area contributed by atoms with E-state index in [9.17, 15) is 22.4 Å². The summed E-state index contributed by atoms with van der Waals surface area (Å²) in [5.74, 6) is -2.10. The molecule has 0 aromatic heterocycles. The summed E-state index contributed by atoms with van der Waals surface area (Å²) in [6, 6.07) is 1.08. The first-order chi connectivity index (χ1) is 8.27. The van der Waals surface area contributed by atoms with Gasteiger partial charge >= 0.3 is 6.18 Å². The molecule has 0 spiro atoms. The Morgan fingerprint density at radius 2 is 2.06 bits per heavy atom. The molecule has 18 heavy (non-hydrogen) atoms. The van der Waals surface area contributed by atoms with Crippen LogP contribution in [0.3, 0.4) is 0 Å². The van der Waals surface area contributed by atoms with E-state index in [4.69, 9.17) is 5.73 Å². The molecule has 98 valence electrons. The fourth-order valence-corrected chi connectivity index (χ4v) is 1.40. The Labute approximate surface area is 101 Å². The molecule has 1 aromatic rings. The van der Waals surface area contributed by atoms with E-state index >= 15 is 0 Å². The Balaban J connectivity index is 3.13. The van der Waals surface area contributed by atoms with Gasteiger partial charge in [-0.05, 0) is 24.6 Å². The Hall–Kier alpha value is -1.69. The highest BCUT2D eigenvalue weighted by Gasteiger charge is 2.34. The van der Waals surface area contributed by atoms with Gasteiger partial charge in [0.05, 0.1) is 11.6 Å². The van der Waals surface area contributed by atoms with Gasteiger partial charge in [-0.1, -0.05) is 6.08 Å². The minimum absolute atomic E-state index is 0.136. The minimum atomic E-state index is -4.84. The zero-order chi connectivity index (χ0) is 13.9. The molecule has 0 bridgehead atoms. The summed E-state index contributed by atoms with van der Waals surface area (Å²) in [4.78, 5) is 11.7. The highest BCUT2D eigenvalue weighted by Crippen LogP contribution is 2.32. The fraction of sp³-hybridized carbons (Fsp3) is 0.250. The average molecular weight is 261 g/mol. The highest BCUT2D eigenvalue weighted by molar-refractivity contribution is 6.00. The second kappa shape index (κ2) is 5.30. The standard InChI is InChI=1S/C12H11F4NO/c1-2-3-10(17)11(18)7-4-5-9(13)8(6-7)12(14,15)16/h2,4-6,10H,1,3,17H2. The van der Waals surface area contributed by atoms with E-state index in [1.807, 2.05) is 0 Å². The zero-order valence-electron chi connectivity index (χ0n) is 9.30. The van der Waals surface area contributed by atoms with E-state index in [0.29, 0.717) is 12.1 Å². The number of nitrogens with two attached hydrogens (primary N) is 1. The average Bonchev–Trinajstić information content (AvgIpc) is 2.27. The van der Waals surface area contributed by atoms with E-state index in [1.165, 1.54) is 6.08 Å². The second-order valence-electron chi connectivity index (χ2n) is 3.69. The Kier molecular flexibility index (Phi) is 4.24. The molecule has 1 atom stereocenters. The monoisotopic (exact) mass is 261 g/mol. The molecule has 1 aromatic carbocycles. The van der Waals surface area contributed by atoms with Crippen molar-refractivity contribution in [3.05, 3.63) is 47.8 Å². The van der Waals surface area contributed by atoms with E-state index in [-0.39, 0.29) is 12.0 Å². The number of benzene rings is 1. The highest BCUT2D eigenvalue weighted by atomic mass is 19.4. The number of halogens is 4. The Morgan fingerprint density at radius 1 is 1.44 bits per heavy atom. The maximum absolute atomic E-state index is 13.0. The summed E-state index contributed by atoms with van der Waals surface area (Å²) in [6.45, 7) is 3.38. The molecule has 0 saturated carbocycles. The zero-order valence-corrected chi connectivity index (χ0v) is 9.30. The molecule has 0 aliphatic carbocycles. The van der Waals surface area contributed by atoms with Crippen molar-refractivity contribution in [1.82, 2.24) is 0 Å². The van der Waals surface area contributed by atoms with Gasteiger partial charge in [0, 0.05) is 5.56 Å². The van der Waals surface area contributed by atoms with Gasteiger partial charge in [-0.25, -0.2) is 4.39 Å². The summed E-state index contributed by atoms with van der Waals surface area (Å²) < 4.78 is 50.3. The first-order valence-corrected chi connectivity index (χ1v) is 5.04. The van der Waals surface area contributed by atoms with Gasteiger partial charge < -0.3 is 5.73 Å². The van der Waals surface area contributed by atoms with Gasteiger partial charge in [0.25, 0.3) is 0 Å². The van der Waals surface area contributed by atoms with Crippen molar-refractivity contribution >= 4 is 5.78 Å². The lowest BCUT2D eigenvalue weighted by molar-refractivity contribution is -0.140. The third-order valence-corrected chi connectivity index (χ3v) is 2.31. The van der Waals surface area contributed by atoms with Crippen LogP contribution >= 0.6 is 0 Å². The number of hydrogen-bond acceptors (Lipinski definition) is 2. The molecule has 0 saturated heterocycles. The summed E-state index contributed by atoms with van der Waals surface area (Å²) >= 11 is 0. The summed E-state index contributed by atoms with van der Waals surface area (Å²) in [6.07, 6.45) is -3.32. The molecule has 2 nitrogen and oxygen atoms in total. The summed E-state index contributed by atoms with van der Waals surface area (Å²) in [5, 5.41) is 0. The topological polar surface area (TPSA) is 43.1 Å². The predicted octanol–water partition coefficient (Wildman–Crippen LogP) is 2.93. The SMILES string of the molecule is C=CCC(N)C(=O)c1ccc(F)c(C(F)(F)F)c1. The molecule has 1 rings (SSSR count). The van der Waals surface area contributed by atoms with Crippen LogP contribution in [0.4, 0.5) is 17.6 Å². The van der Waals surface area contributed by atoms with Crippen LogP contribution in [0.1, 0.15) is 22.3 Å². The summed E-state index contributed by atoms with van der Waals surface area (Å²) in [5.41, 5.74) is 3.72. The van der Waals surface area contributed by atoms with Crippen molar-refractivity contribution in [1.29, 1.82) is 0 Å². The number of alkyl halides is 3. The number of rotatable bonds is 4. The van der Waals surface area contributed by atoms with Crippen molar-refractivity contribution in [3.8, 4) is 0 Å². The van der Waals surface area contributed by atoms with Gasteiger partial charge in [-0.15, -0.1) is 6.58 Å². The quantitative estimate of drug-likeness (QED) is 0.514. The minimum Gasteiger partial charge on any atom is -0.321 e. The van der Waals surface area contributed by atoms with Crippen LogP contribution in [0, 0.1) is 5.82 Å². The van der Waals surface area contributed by atoms with Crippen LogP contribution in [-0.4, -0.2) is 11.8 Å². The van der Waals surface area contributed by atoms with Crippen LogP contribution in [0.15, 0.2) is 30.9 Å². The lowest BCUT2D eigenvalue weighted by Gasteiger charge is -2.12. The molecular weight excluding hydrogens is 250 g/mol. The first kappa shape index (κ1) is 14.4. The van der Waals surface area contributed by atoms with Crippen LogP contribution in [-0.2, 0) is 6.18 Å². The molecule has 0 aliphatic rings. The predicted molar refractivity (Wildman–Crippen MR) is 58.5 cm³/mol. The van der Waals surface area contributed by atoms with Crippen molar-refractivity contribution in [2.75, 3.05) is 0 Å². The normalized spacial score (nSPS) is 13.2. The van der Waals surface area contributed by atoms with Gasteiger partial charge in [0.2, 0.25) is 0 Å². The van der Waals surface area contributed by atoms with Crippen LogP contribution < -0.4 is 5.73 Å². The molecular formula is C12H11F4NO. The first-order valence-electron chi connectivity index (χ1n) is 5.04. The van der Waals surface area contributed by atoms with Crippen molar-refractivity contribution in [2.24, 2.45) is 5.73 Å². The van der Waals surface area contributed by atoms with Crippen LogP contribution in [0.25, 0.3) is 0 Å². The summed E-state index contributed by atoms with van der Waals surface area (Å²) in [7, 11) is 0. The number of hydrogen-bond donors (Lipinski definition) is 1. The van der Waals surface area contributed by atoms with Crippen molar-refractivity contribution in [3.63, 3.8) is 0 Å². The molecule has 0 radical (unpaired) electrons. The van der Waals surface area contributed by atoms with Gasteiger partial charge in [0.15, 0.2) is 5.78 Å². The molecule has 2 N–H and O–H groups in total. The molecule has 0 heterocycles.